The van der Waals surface area contributed by atoms with E-state index in [-0.39, 0.29) is 0 Å². The molecule has 2 saturated carbocycles. The zero-order valence-electron chi connectivity index (χ0n) is 9.21. The fourth-order valence-electron chi connectivity index (χ4n) is 3.82. The van der Waals surface area contributed by atoms with Crippen molar-refractivity contribution >= 4 is 0 Å². The lowest BCUT2D eigenvalue weighted by molar-refractivity contribution is 0.312. The van der Waals surface area contributed by atoms with E-state index in [1.807, 2.05) is 0 Å². The average molecular weight is 194 g/mol. The first-order valence-electron chi connectivity index (χ1n) is 6.26. The van der Waals surface area contributed by atoms with Crippen LogP contribution in [0.3, 0.4) is 0 Å². The predicted molar refractivity (Wildman–Crippen MR) is 58.3 cm³/mol. The number of hydrogen-bond donors (Lipinski definition) is 1. The molecule has 2 bridgehead atoms. The molecule has 2 heteroatoms. The average Bonchev–Trinajstić information content (AvgIpc) is 2.82. The zero-order chi connectivity index (χ0) is 9.54. The maximum absolute atomic E-state index is 3.90. The van der Waals surface area contributed by atoms with Crippen LogP contribution in [0.15, 0.2) is 0 Å². The van der Waals surface area contributed by atoms with E-state index in [4.69, 9.17) is 0 Å². The van der Waals surface area contributed by atoms with Crippen molar-refractivity contribution in [2.45, 2.75) is 44.2 Å². The van der Waals surface area contributed by atoms with Gasteiger partial charge in [-0.1, -0.05) is 6.42 Å². The summed E-state index contributed by atoms with van der Waals surface area (Å²) >= 11 is 0. The molecule has 0 unspecified atom stereocenters. The van der Waals surface area contributed by atoms with Crippen molar-refractivity contribution in [3.63, 3.8) is 0 Å². The Hall–Kier alpha value is -0.0800. The molecular weight excluding hydrogens is 172 g/mol. The van der Waals surface area contributed by atoms with Gasteiger partial charge in [0.05, 0.1) is 0 Å². The molecule has 0 amide bonds. The third-order valence-electron chi connectivity index (χ3n) is 4.58. The van der Waals surface area contributed by atoms with Crippen LogP contribution in [0.5, 0.6) is 0 Å². The summed E-state index contributed by atoms with van der Waals surface area (Å²) in [4.78, 5) is 2.45. The van der Waals surface area contributed by atoms with Gasteiger partial charge in [0, 0.05) is 18.6 Å². The molecular formula is C12H22N2. The summed E-state index contributed by atoms with van der Waals surface area (Å²) in [6, 6.07) is 1.68. The zero-order valence-corrected chi connectivity index (χ0v) is 9.21. The minimum Gasteiger partial charge on any atom is -0.310 e. The first-order valence-corrected chi connectivity index (χ1v) is 6.26. The molecule has 0 spiro atoms. The number of likely N-dealkylation sites (tertiary alicyclic amines) is 1. The van der Waals surface area contributed by atoms with Crippen LogP contribution in [0.1, 0.15) is 32.1 Å². The molecule has 80 valence electrons. The van der Waals surface area contributed by atoms with E-state index in [2.05, 4.69) is 17.3 Å². The van der Waals surface area contributed by atoms with Gasteiger partial charge in [0.1, 0.15) is 0 Å². The van der Waals surface area contributed by atoms with Crippen LogP contribution < -0.4 is 5.32 Å². The SMILES string of the molecule is CN1CC[C@H](N[C@H]2C[C@H]3CC[C@H]2C3)C1. The van der Waals surface area contributed by atoms with Crippen molar-refractivity contribution in [2.75, 3.05) is 20.1 Å². The normalized spacial score (nSPS) is 47.8. The first-order chi connectivity index (χ1) is 6.81. The summed E-state index contributed by atoms with van der Waals surface area (Å²) in [5.74, 6) is 2.11. The number of fused-ring (bicyclic) bond motifs is 2. The number of nitrogens with one attached hydrogen (secondary N) is 1. The minimum atomic E-state index is 0.796. The Morgan fingerprint density at radius 2 is 2.07 bits per heavy atom. The lowest BCUT2D eigenvalue weighted by Crippen LogP contribution is -2.42. The van der Waals surface area contributed by atoms with Gasteiger partial charge in [-0.3, -0.25) is 0 Å². The summed E-state index contributed by atoms with van der Waals surface area (Å²) in [6.45, 7) is 2.56. The third kappa shape index (κ3) is 1.59. The second-order valence-corrected chi connectivity index (χ2v) is 5.70. The molecule has 3 aliphatic rings. The van der Waals surface area contributed by atoms with E-state index in [1.165, 1.54) is 45.2 Å². The highest BCUT2D eigenvalue weighted by Gasteiger charge is 2.40. The van der Waals surface area contributed by atoms with E-state index in [0.29, 0.717) is 0 Å². The second kappa shape index (κ2) is 3.49. The largest absolute Gasteiger partial charge is 0.310 e. The van der Waals surface area contributed by atoms with Gasteiger partial charge >= 0.3 is 0 Å². The Labute approximate surface area is 87.0 Å². The predicted octanol–water partition coefficient (Wildman–Crippen LogP) is 1.47. The van der Waals surface area contributed by atoms with Crippen molar-refractivity contribution < 1.29 is 0 Å². The number of nitrogens with zero attached hydrogens (tertiary/aromatic N) is 1. The van der Waals surface area contributed by atoms with Gasteiger partial charge in [0.25, 0.3) is 0 Å². The highest BCUT2D eigenvalue weighted by Crippen LogP contribution is 2.44. The smallest absolute Gasteiger partial charge is 0.0209 e. The van der Waals surface area contributed by atoms with Gasteiger partial charge in [-0.05, 0) is 51.1 Å². The van der Waals surface area contributed by atoms with E-state index in [1.54, 1.807) is 0 Å². The Bertz CT molecular complexity index is 216. The number of hydrogen-bond acceptors (Lipinski definition) is 2. The molecule has 0 aromatic rings. The van der Waals surface area contributed by atoms with Crippen LogP contribution in [-0.4, -0.2) is 37.1 Å². The molecule has 14 heavy (non-hydrogen) atoms. The van der Waals surface area contributed by atoms with Crippen molar-refractivity contribution in [3.05, 3.63) is 0 Å². The molecule has 1 heterocycles. The van der Waals surface area contributed by atoms with E-state index < -0.39 is 0 Å². The topological polar surface area (TPSA) is 15.3 Å². The Balaban J connectivity index is 1.53. The summed E-state index contributed by atoms with van der Waals surface area (Å²) in [5, 5.41) is 3.90. The standard InChI is InChI=1S/C12H22N2/c1-14-5-4-11(8-14)13-12-7-9-2-3-10(12)6-9/h9-13H,2-8H2,1H3/t9-,10-,11-,12-/m0/s1. The highest BCUT2D eigenvalue weighted by atomic mass is 15.2. The van der Waals surface area contributed by atoms with Gasteiger partial charge < -0.3 is 10.2 Å². The van der Waals surface area contributed by atoms with Crippen molar-refractivity contribution in [1.82, 2.24) is 10.2 Å². The molecule has 1 N–H and O–H groups in total. The molecule has 2 nitrogen and oxygen atoms in total. The minimum absolute atomic E-state index is 0.796. The summed E-state index contributed by atoms with van der Waals surface area (Å²) in [7, 11) is 2.24. The lowest BCUT2D eigenvalue weighted by atomic mass is 9.94. The Morgan fingerprint density at radius 3 is 2.64 bits per heavy atom. The molecule has 2 aliphatic carbocycles. The van der Waals surface area contributed by atoms with E-state index >= 15 is 0 Å². The van der Waals surface area contributed by atoms with Gasteiger partial charge in [-0.15, -0.1) is 0 Å². The van der Waals surface area contributed by atoms with Crippen LogP contribution in [0.25, 0.3) is 0 Å². The molecule has 0 aromatic heterocycles. The molecule has 0 aromatic carbocycles. The van der Waals surface area contributed by atoms with Gasteiger partial charge in [0.15, 0.2) is 0 Å². The van der Waals surface area contributed by atoms with Gasteiger partial charge in [0.2, 0.25) is 0 Å². The lowest BCUT2D eigenvalue weighted by Gasteiger charge is -2.26. The maximum atomic E-state index is 3.90. The van der Waals surface area contributed by atoms with E-state index in [0.717, 1.165) is 23.9 Å². The molecule has 4 atom stereocenters. The number of likely N-dealkylation sites (N-methyl/N-ethyl adjacent to an activating group) is 1. The molecule has 3 rings (SSSR count). The van der Waals surface area contributed by atoms with Crippen molar-refractivity contribution in [3.8, 4) is 0 Å². The fraction of sp³-hybridized carbons (Fsp3) is 1.00. The second-order valence-electron chi connectivity index (χ2n) is 5.70. The van der Waals surface area contributed by atoms with Crippen LogP contribution in [-0.2, 0) is 0 Å². The number of rotatable bonds is 2. The molecule has 0 radical (unpaired) electrons. The highest BCUT2D eigenvalue weighted by molar-refractivity contribution is 4.96. The van der Waals surface area contributed by atoms with Crippen LogP contribution in [0.4, 0.5) is 0 Å². The molecule has 1 saturated heterocycles. The quantitative estimate of drug-likeness (QED) is 0.716. The van der Waals surface area contributed by atoms with Crippen LogP contribution in [0.2, 0.25) is 0 Å². The maximum Gasteiger partial charge on any atom is 0.0209 e. The van der Waals surface area contributed by atoms with Gasteiger partial charge in [-0.2, -0.15) is 0 Å². The molecule has 1 aliphatic heterocycles. The van der Waals surface area contributed by atoms with Crippen molar-refractivity contribution in [1.29, 1.82) is 0 Å². The molecule has 3 fully saturated rings. The van der Waals surface area contributed by atoms with Gasteiger partial charge in [-0.25, -0.2) is 0 Å². The fourth-order valence-corrected chi connectivity index (χ4v) is 3.82. The first kappa shape index (κ1) is 9.17. The third-order valence-corrected chi connectivity index (χ3v) is 4.58. The monoisotopic (exact) mass is 194 g/mol. The van der Waals surface area contributed by atoms with Crippen LogP contribution >= 0.6 is 0 Å². The summed E-state index contributed by atoms with van der Waals surface area (Å²) < 4.78 is 0. The Kier molecular flexibility index (Phi) is 2.29. The van der Waals surface area contributed by atoms with Crippen LogP contribution in [0, 0.1) is 11.8 Å². The summed E-state index contributed by atoms with van der Waals surface area (Å²) in [6.07, 6.45) is 7.40. The summed E-state index contributed by atoms with van der Waals surface area (Å²) in [5.41, 5.74) is 0. The van der Waals surface area contributed by atoms with E-state index in [9.17, 15) is 0 Å². The van der Waals surface area contributed by atoms with Crippen molar-refractivity contribution in [2.24, 2.45) is 11.8 Å². The Morgan fingerprint density at radius 1 is 1.14 bits per heavy atom.